The van der Waals surface area contributed by atoms with Crippen LogP contribution in [0.3, 0.4) is 0 Å². The average Bonchev–Trinajstić information content (AvgIpc) is 1.99. The predicted octanol–water partition coefficient (Wildman–Crippen LogP) is 2.40. The molecule has 1 atom stereocenters. The maximum absolute atomic E-state index is 8.91. The number of nitrogens with two attached hydrogens (primary N) is 1. The Labute approximate surface area is 101 Å². The lowest BCUT2D eigenvalue weighted by Crippen LogP contribution is -2.51. The summed E-state index contributed by atoms with van der Waals surface area (Å²) < 4.78 is 0. The molecule has 0 aromatic rings. The fraction of sp³-hybridized carbons (Fsp3) is 1.00. The largest absolute Gasteiger partial charge is 0.396 e. The minimum Gasteiger partial charge on any atom is -0.396 e. The SMILES string of the molecule is CC(CCO)CC(C)(C)CN(N)C(C)(C)C. The summed E-state index contributed by atoms with van der Waals surface area (Å²) in [6.45, 7) is 14.2. The monoisotopic (exact) mass is 230 g/mol. The van der Waals surface area contributed by atoms with Gasteiger partial charge in [0, 0.05) is 18.7 Å². The number of hydrogen-bond acceptors (Lipinski definition) is 3. The van der Waals surface area contributed by atoms with Crippen molar-refractivity contribution in [1.29, 1.82) is 0 Å². The van der Waals surface area contributed by atoms with E-state index in [1.54, 1.807) is 0 Å². The lowest BCUT2D eigenvalue weighted by molar-refractivity contribution is 0.0713. The smallest absolute Gasteiger partial charge is 0.0433 e. The van der Waals surface area contributed by atoms with Gasteiger partial charge in [0.2, 0.25) is 0 Å². The Kier molecular flexibility index (Phi) is 5.94. The molecule has 98 valence electrons. The summed E-state index contributed by atoms with van der Waals surface area (Å²) in [6.07, 6.45) is 1.97. The second kappa shape index (κ2) is 5.99. The van der Waals surface area contributed by atoms with Crippen molar-refractivity contribution >= 4 is 0 Å². The van der Waals surface area contributed by atoms with Gasteiger partial charge in [-0.3, -0.25) is 5.84 Å². The van der Waals surface area contributed by atoms with Crippen LogP contribution in [0.5, 0.6) is 0 Å². The predicted molar refractivity (Wildman–Crippen MR) is 69.9 cm³/mol. The van der Waals surface area contributed by atoms with E-state index in [2.05, 4.69) is 41.5 Å². The molecule has 0 bridgehead atoms. The summed E-state index contributed by atoms with van der Waals surface area (Å²) in [7, 11) is 0. The molecule has 3 N–H and O–H groups in total. The quantitative estimate of drug-likeness (QED) is 0.544. The van der Waals surface area contributed by atoms with Crippen LogP contribution in [-0.4, -0.2) is 28.8 Å². The van der Waals surface area contributed by atoms with Crippen LogP contribution in [0, 0.1) is 11.3 Å². The Morgan fingerprint density at radius 1 is 1.19 bits per heavy atom. The summed E-state index contributed by atoms with van der Waals surface area (Å²) in [6, 6.07) is 0. The number of aliphatic hydroxyl groups is 1. The van der Waals surface area contributed by atoms with E-state index in [-0.39, 0.29) is 17.6 Å². The molecule has 0 aliphatic heterocycles. The molecule has 0 aliphatic rings. The molecule has 0 amide bonds. The zero-order valence-corrected chi connectivity index (χ0v) is 11.9. The lowest BCUT2D eigenvalue weighted by atomic mass is 9.81. The molecule has 0 aliphatic carbocycles. The first-order valence-corrected chi connectivity index (χ1v) is 6.22. The minimum absolute atomic E-state index is 0.0114. The third kappa shape index (κ3) is 6.46. The third-order valence-electron chi connectivity index (χ3n) is 2.98. The Morgan fingerprint density at radius 2 is 1.69 bits per heavy atom. The van der Waals surface area contributed by atoms with Gasteiger partial charge in [-0.15, -0.1) is 0 Å². The van der Waals surface area contributed by atoms with E-state index in [0.29, 0.717) is 5.92 Å². The number of nitrogens with zero attached hydrogens (tertiary/aromatic N) is 1. The molecular formula is C13H30N2O. The molecular weight excluding hydrogens is 200 g/mol. The summed E-state index contributed by atoms with van der Waals surface area (Å²) in [5.74, 6) is 6.62. The van der Waals surface area contributed by atoms with Gasteiger partial charge >= 0.3 is 0 Å². The normalized spacial score (nSPS) is 15.6. The Morgan fingerprint density at radius 3 is 2.06 bits per heavy atom. The van der Waals surface area contributed by atoms with Crippen molar-refractivity contribution in [2.45, 2.75) is 59.9 Å². The first-order valence-electron chi connectivity index (χ1n) is 6.22. The number of hydrogen-bond donors (Lipinski definition) is 2. The lowest BCUT2D eigenvalue weighted by Gasteiger charge is -2.38. The Bertz CT molecular complexity index is 197. The molecule has 0 spiro atoms. The van der Waals surface area contributed by atoms with Crippen LogP contribution in [0.25, 0.3) is 0 Å². The van der Waals surface area contributed by atoms with Crippen molar-refractivity contribution < 1.29 is 5.11 Å². The van der Waals surface area contributed by atoms with Crippen molar-refractivity contribution in [2.24, 2.45) is 17.2 Å². The number of rotatable bonds is 6. The van der Waals surface area contributed by atoms with Gasteiger partial charge in [0.1, 0.15) is 0 Å². The fourth-order valence-electron chi connectivity index (χ4n) is 2.03. The fourth-order valence-corrected chi connectivity index (χ4v) is 2.03. The van der Waals surface area contributed by atoms with E-state index < -0.39 is 0 Å². The van der Waals surface area contributed by atoms with Gasteiger partial charge in [0.05, 0.1) is 0 Å². The number of hydrazine groups is 1. The molecule has 1 unspecified atom stereocenters. The van der Waals surface area contributed by atoms with Crippen molar-refractivity contribution in [3.63, 3.8) is 0 Å². The van der Waals surface area contributed by atoms with Gasteiger partial charge in [0.25, 0.3) is 0 Å². The molecule has 0 rings (SSSR count). The maximum Gasteiger partial charge on any atom is 0.0433 e. The molecule has 0 aromatic heterocycles. The molecule has 0 saturated carbocycles. The summed E-state index contributed by atoms with van der Waals surface area (Å²) >= 11 is 0. The molecule has 3 nitrogen and oxygen atoms in total. The van der Waals surface area contributed by atoms with Crippen LogP contribution in [0.2, 0.25) is 0 Å². The highest BCUT2D eigenvalue weighted by Gasteiger charge is 2.27. The van der Waals surface area contributed by atoms with Crippen molar-refractivity contribution in [3.8, 4) is 0 Å². The topological polar surface area (TPSA) is 49.5 Å². The van der Waals surface area contributed by atoms with Crippen molar-refractivity contribution in [2.75, 3.05) is 13.2 Å². The Balaban J connectivity index is 4.23. The maximum atomic E-state index is 8.91. The molecule has 0 saturated heterocycles. The van der Waals surface area contributed by atoms with E-state index in [9.17, 15) is 0 Å². The van der Waals surface area contributed by atoms with Crippen LogP contribution in [0.15, 0.2) is 0 Å². The van der Waals surface area contributed by atoms with Gasteiger partial charge in [0.15, 0.2) is 0 Å². The molecule has 3 heteroatoms. The van der Waals surface area contributed by atoms with Crippen LogP contribution >= 0.6 is 0 Å². The molecule has 0 aromatic carbocycles. The molecule has 0 heterocycles. The van der Waals surface area contributed by atoms with Crippen LogP contribution < -0.4 is 5.84 Å². The summed E-state index contributed by atoms with van der Waals surface area (Å²) in [4.78, 5) is 0. The molecule has 16 heavy (non-hydrogen) atoms. The summed E-state index contributed by atoms with van der Waals surface area (Å²) in [5.41, 5.74) is 0.202. The summed E-state index contributed by atoms with van der Waals surface area (Å²) in [5, 5.41) is 10.8. The van der Waals surface area contributed by atoms with E-state index in [1.165, 1.54) is 0 Å². The van der Waals surface area contributed by atoms with Gasteiger partial charge in [-0.25, -0.2) is 5.01 Å². The third-order valence-corrected chi connectivity index (χ3v) is 2.98. The van der Waals surface area contributed by atoms with E-state index in [4.69, 9.17) is 10.9 Å². The van der Waals surface area contributed by atoms with Crippen LogP contribution in [0.4, 0.5) is 0 Å². The minimum atomic E-state index is 0.0114. The second-order valence-corrected chi connectivity index (χ2v) is 6.78. The van der Waals surface area contributed by atoms with Gasteiger partial charge in [-0.1, -0.05) is 20.8 Å². The van der Waals surface area contributed by atoms with Crippen molar-refractivity contribution in [1.82, 2.24) is 5.01 Å². The highest BCUT2D eigenvalue weighted by atomic mass is 16.3. The molecule has 0 fully saturated rings. The zero-order chi connectivity index (χ0) is 13.0. The standard InChI is InChI=1S/C13H30N2O/c1-11(7-8-16)9-13(5,6)10-15(14)12(2,3)4/h11,16H,7-10,14H2,1-6H3. The Hall–Kier alpha value is -0.120. The van der Waals surface area contributed by atoms with Crippen LogP contribution in [0.1, 0.15) is 54.4 Å². The van der Waals surface area contributed by atoms with E-state index in [0.717, 1.165) is 19.4 Å². The highest BCUT2D eigenvalue weighted by Crippen LogP contribution is 2.29. The van der Waals surface area contributed by atoms with E-state index >= 15 is 0 Å². The average molecular weight is 230 g/mol. The first kappa shape index (κ1) is 15.9. The van der Waals surface area contributed by atoms with Crippen molar-refractivity contribution in [3.05, 3.63) is 0 Å². The van der Waals surface area contributed by atoms with Crippen LogP contribution in [-0.2, 0) is 0 Å². The zero-order valence-electron chi connectivity index (χ0n) is 11.9. The second-order valence-electron chi connectivity index (χ2n) is 6.78. The first-order chi connectivity index (χ1) is 7.08. The highest BCUT2D eigenvalue weighted by molar-refractivity contribution is 4.80. The van der Waals surface area contributed by atoms with E-state index in [1.807, 2.05) is 5.01 Å². The van der Waals surface area contributed by atoms with Gasteiger partial charge < -0.3 is 5.11 Å². The van der Waals surface area contributed by atoms with Gasteiger partial charge in [-0.2, -0.15) is 0 Å². The molecule has 0 radical (unpaired) electrons. The number of aliphatic hydroxyl groups excluding tert-OH is 1. The van der Waals surface area contributed by atoms with Gasteiger partial charge in [-0.05, 0) is 44.9 Å².